The molecule has 0 bridgehead atoms. The fraction of sp³-hybridized carbons (Fsp3) is 1.00. The van der Waals surface area contributed by atoms with Crippen molar-refractivity contribution in [3.8, 4) is 0 Å². The number of alkyl halides is 15. The van der Waals surface area contributed by atoms with E-state index in [4.69, 9.17) is 0 Å². The first kappa shape index (κ1) is 22.2. The average molecular weight is 437 g/mol. The number of piperidine rings is 2. The molecule has 2 aliphatic rings. The lowest BCUT2D eigenvalue weighted by atomic mass is 9.74. The van der Waals surface area contributed by atoms with Gasteiger partial charge in [0, 0.05) is 0 Å². The Balaban J connectivity index is 3.03. The summed E-state index contributed by atoms with van der Waals surface area (Å²) >= 11 is 0. The quantitative estimate of drug-likeness (QED) is 0.405. The molecular formula is C11H6F15N. The van der Waals surface area contributed by atoms with Crippen LogP contribution in [0.3, 0.4) is 0 Å². The minimum absolute atomic E-state index is 0.0242. The van der Waals surface area contributed by atoms with Crippen LogP contribution in [0.25, 0.3) is 0 Å². The van der Waals surface area contributed by atoms with Crippen molar-refractivity contribution >= 4 is 0 Å². The summed E-state index contributed by atoms with van der Waals surface area (Å²) in [6.07, 6.45) is -2.44. The SMILES string of the molecule is CCC1(F)N2C(C(F)(F)C(F)(F)C(F)(F)C2(F)F)C(F)(F)C(F)(F)C1(F)F. The summed E-state index contributed by atoms with van der Waals surface area (Å²) in [5.74, 6) is -49.3. The normalized spacial score (nSPS) is 40.2. The van der Waals surface area contributed by atoms with Gasteiger partial charge in [0.05, 0.1) is 0 Å². The molecular weight excluding hydrogens is 431 g/mol. The molecule has 0 N–H and O–H groups in total. The smallest absolute Gasteiger partial charge is 0.219 e. The summed E-state index contributed by atoms with van der Waals surface area (Å²) in [6.45, 7) is -0.0242. The molecule has 2 heterocycles. The van der Waals surface area contributed by atoms with Crippen molar-refractivity contribution in [2.45, 2.75) is 66.8 Å². The van der Waals surface area contributed by atoms with Gasteiger partial charge in [-0.2, -0.15) is 66.4 Å². The van der Waals surface area contributed by atoms with Gasteiger partial charge in [0.1, 0.15) is 0 Å². The molecule has 2 aliphatic heterocycles. The summed E-state index contributed by atoms with van der Waals surface area (Å²) in [5.41, 5.74) is 0. The first-order valence-electron chi connectivity index (χ1n) is 6.68. The first-order chi connectivity index (χ1) is 11.5. The third-order valence-electron chi connectivity index (χ3n) is 4.58. The highest BCUT2D eigenvalue weighted by Crippen LogP contribution is 2.71. The van der Waals surface area contributed by atoms with E-state index >= 15 is 0 Å². The average Bonchev–Trinajstić information content (AvgIpc) is 2.47. The number of rotatable bonds is 1. The minimum Gasteiger partial charge on any atom is -0.219 e. The van der Waals surface area contributed by atoms with E-state index in [1.165, 1.54) is 0 Å². The molecule has 1 nitrogen and oxygen atoms in total. The van der Waals surface area contributed by atoms with Gasteiger partial charge in [-0.05, 0) is 6.42 Å². The zero-order chi connectivity index (χ0) is 21.9. The highest BCUT2D eigenvalue weighted by molar-refractivity contribution is 5.27. The Labute approximate surface area is 139 Å². The molecule has 0 amide bonds. The molecule has 2 atom stereocenters. The second kappa shape index (κ2) is 4.90. The van der Waals surface area contributed by atoms with Gasteiger partial charge in [0.2, 0.25) is 5.79 Å². The van der Waals surface area contributed by atoms with Crippen LogP contribution in [-0.2, 0) is 0 Å². The van der Waals surface area contributed by atoms with Gasteiger partial charge in [0.25, 0.3) is 0 Å². The van der Waals surface area contributed by atoms with Crippen LogP contribution in [0.4, 0.5) is 65.9 Å². The molecule has 0 aromatic heterocycles. The number of fused-ring (bicyclic) bond motifs is 1. The Hall–Kier alpha value is -1.09. The van der Waals surface area contributed by atoms with Crippen LogP contribution in [0.15, 0.2) is 0 Å². The van der Waals surface area contributed by atoms with Gasteiger partial charge in [-0.15, -0.1) is 0 Å². The van der Waals surface area contributed by atoms with Gasteiger partial charge in [-0.1, -0.05) is 6.92 Å². The van der Waals surface area contributed by atoms with Gasteiger partial charge < -0.3 is 0 Å². The van der Waals surface area contributed by atoms with Crippen molar-refractivity contribution in [1.29, 1.82) is 0 Å². The van der Waals surface area contributed by atoms with E-state index in [0.29, 0.717) is 0 Å². The predicted octanol–water partition coefficient (Wildman–Crippen LogP) is 5.16. The van der Waals surface area contributed by atoms with E-state index in [-0.39, 0.29) is 6.92 Å². The fourth-order valence-corrected chi connectivity index (χ4v) is 3.03. The highest BCUT2D eigenvalue weighted by atomic mass is 19.4. The van der Waals surface area contributed by atoms with E-state index in [1.807, 2.05) is 0 Å². The second-order valence-electron chi connectivity index (χ2n) is 5.97. The Morgan fingerprint density at radius 3 is 1.22 bits per heavy atom. The van der Waals surface area contributed by atoms with Crippen LogP contribution in [0, 0.1) is 0 Å². The molecule has 0 aromatic rings. The molecule has 0 aromatic carbocycles. The lowest BCUT2D eigenvalue weighted by Gasteiger charge is -2.62. The van der Waals surface area contributed by atoms with Crippen LogP contribution in [0.1, 0.15) is 13.3 Å². The molecule has 27 heavy (non-hydrogen) atoms. The number of hydrogen-bond donors (Lipinski definition) is 0. The van der Waals surface area contributed by atoms with Crippen molar-refractivity contribution in [3.63, 3.8) is 0 Å². The number of nitrogens with zero attached hydrogens (tertiary/aromatic N) is 1. The van der Waals surface area contributed by atoms with Crippen LogP contribution >= 0.6 is 0 Å². The first-order valence-corrected chi connectivity index (χ1v) is 6.68. The summed E-state index contributed by atoms with van der Waals surface area (Å²) in [7, 11) is 0. The van der Waals surface area contributed by atoms with Gasteiger partial charge >= 0.3 is 41.6 Å². The molecule has 0 saturated carbocycles. The molecule has 2 fully saturated rings. The van der Waals surface area contributed by atoms with Gasteiger partial charge in [0.15, 0.2) is 6.04 Å². The summed E-state index contributed by atoms with van der Waals surface area (Å²) in [4.78, 5) is -2.94. The summed E-state index contributed by atoms with van der Waals surface area (Å²) < 4.78 is 204. The number of hydrogen-bond acceptors (Lipinski definition) is 1. The Kier molecular flexibility index (Phi) is 4.03. The number of halogens is 15. The standard InChI is InChI=1S/C11H6F15N/c1-2-4(12)7(17,18)8(19,20)5(13,14)3-6(15,16)9(21,22)10(23,24)11(25,26)27(3)4/h3H,2H2,1H3. The fourth-order valence-electron chi connectivity index (χ4n) is 3.03. The molecule has 16 heteroatoms. The summed E-state index contributed by atoms with van der Waals surface area (Å²) in [5, 5.41) is 0. The molecule has 2 rings (SSSR count). The van der Waals surface area contributed by atoms with Crippen molar-refractivity contribution in [2.75, 3.05) is 0 Å². The largest absolute Gasteiger partial charge is 0.392 e. The lowest BCUT2D eigenvalue weighted by Crippen LogP contribution is -2.92. The van der Waals surface area contributed by atoms with Crippen LogP contribution in [-0.4, -0.2) is 58.3 Å². The third kappa shape index (κ3) is 1.86. The zero-order valence-electron chi connectivity index (χ0n) is 12.4. The molecule has 2 saturated heterocycles. The van der Waals surface area contributed by atoms with E-state index in [9.17, 15) is 65.9 Å². The molecule has 0 aliphatic carbocycles. The maximum Gasteiger partial charge on any atom is 0.392 e. The minimum atomic E-state index is -7.43. The Morgan fingerprint density at radius 2 is 0.889 bits per heavy atom. The maximum atomic E-state index is 14.5. The molecule has 2 unspecified atom stereocenters. The van der Waals surface area contributed by atoms with Crippen LogP contribution < -0.4 is 0 Å². The van der Waals surface area contributed by atoms with Crippen LogP contribution in [0.5, 0.6) is 0 Å². The van der Waals surface area contributed by atoms with E-state index in [2.05, 4.69) is 0 Å². The topological polar surface area (TPSA) is 3.24 Å². The van der Waals surface area contributed by atoms with Gasteiger partial charge in [-0.3, -0.25) is 0 Å². The lowest BCUT2D eigenvalue weighted by molar-refractivity contribution is -0.530. The monoisotopic (exact) mass is 437 g/mol. The molecule has 160 valence electrons. The maximum absolute atomic E-state index is 14.5. The Bertz CT molecular complexity index is 632. The molecule has 0 spiro atoms. The Morgan fingerprint density at radius 1 is 0.556 bits per heavy atom. The highest BCUT2D eigenvalue weighted by Gasteiger charge is 3.01. The van der Waals surface area contributed by atoms with E-state index < -0.39 is 64.7 Å². The van der Waals surface area contributed by atoms with Gasteiger partial charge in [-0.25, -0.2) is 4.39 Å². The van der Waals surface area contributed by atoms with E-state index in [1.54, 1.807) is 0 Å². The van der Waals surface area contributed by atoms with Crippen molar-refractivity contribution in [1.82, 2.24) is 4.90 Å². The second-order valence-corrected chi connectivity index (χ2v) is 5.97. The molecule has 0 radical (unpaired) electrons. The summed E-state index contributed by atoms with van der Waals surface area (Å²) in [6, 6.07) is -12.9. The van der Waals surface area contributed by atoms with Crippen LogP contribution in [0.2, 0.25) is 0 Å². The third-order valence-corrected chi connectivity index (χ3v) is 4.58. The van der Waals surface area contributed by atoms with Crippen molar-refractivity contribution in [3.05, 3.63) is 0 Å². The predicted molar refractivity (Wildman–Crippen MR) is 54.4 cm³/mol. The van der Waals surface area contributed by atoms with E-state index in [0.717, 1.165) is 0 Å². The van der Waals surface area contributed by atoms with Crippen molar-refractivity contribution < 1.29 is 65.9 Å². The van der Waals surface area contributed by atoms with Crippen molar-refractivity contribution in [2.24, 2.45) is 0 Å². The zero-order valence-corrected chi connectivity index (χ0v) is 12.4.